The van der Waals surface area contributed by atoms with Gasteiger partial charge in [-0.25, -0.2) is 13.6 Å². The zero-order chi connectivity index (χ0) is 25.7. The van der Waals surface area contributed by atoms with Crippen LogP contribution >= 0.6 is 0 Å². The van der Waals surface area contributed by atoms with Crippen LogP contribution in [0.15, 0.2) is 36.4 Å². The lowest BCUT2D eigenvalue weighted by Gasteiger charge is -2.29. The summed E-state index contributed by atoms with van der Waals surface area (Å²) in [6.45, 7) is 4.37. The minimum atomic E-state index is -0.802. The van der Waals surface area contributed by atoms with Crippen LogP contribution in [0.2, 0.25) is 0 Å². The van der Waals surface area contributed by atoms with Crippen molar-refractivity contribution < 1.29 is 27.9 Å². The molecule has 36 heavy (non-hydrogen) atoms. The van der Waals surface area contributed by atoms with Gasteiger partial charge < -0.3 is 24.8 Å². The van der Waals surface area contributed by atoms with Crippen molar-refractivity contribution in [1.29, 1.82) is 0 Å². The molecule has 3 amide bonds. The summed E-state index contributed by atoms with van der Waals surface area (Å²) in [5, 5.41) is 5.91. The summed E-state index contributed by atoms with van der Waals surface area (Å²) in [5.41, 5.74) is 1.52. The highest BCUT2D eigenvalue weighted by molar-refractivity contribution is 5.99. The van der Waals surface area contributed by atoms with Crippen LogP contribution < -0.4 is 15.5 Å². The number of rotatable bonds is 4. The number of benzene rings is 2. The van der Waals surface area contributed by atoms with Crippen molar-refractivity contribution in [3.63, 3.8) is 0 Å². The van der Waals surface area contributed by atoms with Gasteiger partial charge in [-0.2, -0.15) is 0 Å². The Labute approximate surface area is 208 Å². The summed E-state index contributed by atoms with van der Waals surface area (Å²) in [5.74, 6) is -2.17. The number of methoxy groups -OCH3 is 1. The minimum absolute atomic E-state index is 0.0372. The summed E-state index contributed by atoms with van der Waals surface area (Å²) in [7, 11) is 1.26. The Bertz CT molecular complexity index is 1120. The molecule has 0 bridgehead atoms. The monoisotopic (exact) mass is 501 g/mol. The third-order valence-corrected chi connectivity index (χ3v) is 6.30. The van der Waals surface area contributed by atoms with Crippen LogP contribution in [-0.2, 0) is 4.74 Å². The Morgan fingerprint density at radius 1 is 0.833 bits per heavy atom. The summed E-state index contributed by atoms with van der Waals surface area (Å²) in [6, 6.07) is 7.93. The molecule has 4 rings (SSSR count). The van der Waals surface area contributed by atoms with Crippen molar-refractivity contribution in [2.24, 2.45) is 0 Å². The topological polar surface area (TPSA) is 94.2 Å². The number of carbonyl (C=O) groups is 3. The number of piperazine rings is 1. The Morgan fingerprint density at radius 2 is 1.50 bits per heavy atom. The van der Waals surface area contributed by atoms with Gasteiger partial charge in [0.05, 0.1) is 18.5 Å². The number of anilines is 2. The molecular weight excluding hydrogens is 472 g/mol. The number of amides is 3. The van der Waals surface area contributed by atoms with Gasteiger partial charge in [-0.05, 0) is 36.8 Å². The molecular formula is C25H29F2N5O4. The second-order valence-electron chi connectivity index (χ2n) is 8.68. The number of carbonyl (C=O) groups excluding carboxylic acids is 3. The molecule has 2 fully saturated rings. The van der Waals surface area contributed by atoms with Crippen LogP contribution in [-0.4, -0.2) is 87.2 Å². The number of ether oxygens (including phenoxy) is 1. The van der Waals surface area contributed by atoms with E-state index in [0.29, 0.717) is 62.6 Å². The number of hydrogen-bond donors (Lipinski definition) is 2. The van der Waals surface area contributed by atoms with Crippen LogP contribution in [0.3, 0.4) is 0 Å². The number of halogens is 2. The second kappa shape index (κ2) is 11.3. The smallest absolute Gasteiger partial charge is 0.411 e. The van der Waals surface area contributed by atoms with Crippen molar-refractivity contribution in [2.75, 3.05) is 69.7 Å². The van der Waals surface area contributed by atoms with Crippen molar-refractivity contribution >= 4 is 29.3 Å². The fourth-order valence-electron chi connectivity index (χ4n) is 4.48. The Kier molecular flexibility index (Phi) is 7.99. The van der Waals surface area contributed by atoms with Crippen molar-refractivity contribution in [3.05, 3.63) is 59.2 Å². The van der Waals surface area contributed by atoms with Crippen molar-refractivity contribution in [1.82, 2.24) is 15.1 Å². The molecule has 2 heterocycles. The summed E-state index contributed by atoms with van der Waals surface area (Å²) in [6.07, 6.45) is -0.0642. The summed E-state index contributed by atoms with van der Waals surface area (Å²) >= 11 is 0. The maximum atomic E-state index is 13.6. The molecule has 192 valence electrons. The lowest BCUT2D eigenvalue weighted by molar-refractivity contribution is 0.0734. The van der Waals surface area contributed by atoms with Gasteiger partial charge in [0, 0.05) is 69.6 Å². The van der Waals surface area contributed by atoms with E-state index in [2.05, 4.69) is 10.6 Å². The normalized spacial score (nSPS) is 16.4. The van der Waals surface area contributed by atoms with E-state index < -0.39 is 23.6 Å². The molecule has 2 aromatic carbocycles. The molecule has 0 radical (unpaired) electrons. The molecule has 2 N–H and O–H groups in total. The lowest BCUT2D eigenvalue weighted by Crippen LogP contribution is -2.46. The van der Waals surface area contributed by atoms with E-state index in [4.69, 9.17) is 4.74 Å². The minimum Gasteiger partial charge on any atom is -0.453 e. The maximum absolute atomic E-state index is 13.6. The van der Waals surface area contributed by atoms with E-state index in [0.717, 1.165) is 31.3 Å². The van der Waals surface area contributed by atoms with E-state index >= 15 is 0 Å². The first kappa shape index (κ1) is 25.4. The zero-order valence-electron chi connectivity index (χ0n) is 20.1. The molecule has 0 atom stereocenters. The average Bonchev–Trinajstić information content (AvgIpc) is 3.14. The first-order valence-corrected chi connectivity index (χ1v) is 11.8. The van der Waals surface area contributed by atoms with Gasteiger partial charge in [0.1, 0.15) is 11.6 Å². The predicted octanol–water partition coefficient (Wildman–Crippen LogP) is 2.54. The quantitative estimate of drug-likeness (QED) is 0.669. The Morgan fingerprint density at radius 3 is 2.19 bits per heavy atom. The van der Waals surface area contributed by atoms with Crippen LogP contribution in [0.4, 0.5) is 25.0 Å². The SMILES string of the molecule is COC(=O)Nc1cc(C(=O)N2CCNCC2)ccc1N1CCCN(C(=O)c2cc(F)cc(F)c2)CC1. The van der Waals surface area contributed by atoms with Gasteiger partial charge >= 0.3 is 6.09 Å². The van der Waals surface area contributed by atoms with Crippen molar-refractivity contribution in [3.8, 4) is 0 Å². The fourth-order valence-corrected chi connectivity index (χ4v) is 4.48. The first-order chi connectivity index (χ1) is 17.4. The molecule has 2 aromatic rings. The van der Waals surface area contributed by atoms with Gasteiger partial charge in [0.2, 0.25) is 0 Å². The molecule has 0 aromatic heterocycles. The molecule has 2 saturated heterocycles. The zero-order valence-corrected chi connectivity index (χ0v) is 20.1. The molecule has 11 heteroatoms. The van der Waals surface area contributed by atoms with Gasteiger partial charge in [0.25, 0.3) is 11.8 Å². The fraction of sp³-hybridized carbons (Fsp3) is 0.400. The molecule has 0 aliphatic carbocycles. The van der Waals surface area contributed by atoms with Crippen LogP contribution in [0, 0.1) is 11.6 Å². The molecule has 0 spiro atoms. The highest BCUT2D eigenvalue weighted by atomic mass is 19.1. The highest BCUT2D eigenvalue weighted by Crippen LogP contribution is 2.29. The number of hydrogen-bond acceptors (Lipinski definition) is 6. The third kappa shape index (κ3) is 5.91. The Balaban J connectivity index is 1.53. The number of nitrogens with zero attached hydrogens (tertiary/aromatic N) is 3. The molecule has 0 unspecified atom stereocenters. The van der Waals surface area contributed by atoms with Crippen LogP contribution in [0.1, 0.15) is 27.1 Å². The van der Waals surface area contributed by atoms with E-state index in [1.54, 1.807) is 28.0 Å². The average molecular weight is 502 g/mol. The van der Waals surface area contributed by atoms with Gasteiger partial charge in [0.15, 0.2) is 0 Å². The lowest BCUT2D eigenvalue weighted by atomic mass is 10.1. The Hall–Kier alpha value is -3.73. The standard InChI is InChI=1S/C25H29F2N5O4/c1-36-25(35)29-21-15-17(23(33)32-9-5-28-6-10-32)3-4-22(21)30-7-2-8-31(12-11-30)24(34)18-13-19(26)16-20(27)14-18/h3-4,13-16,28H,2,5-12H2,1H3,(H,29,35). The van der Waals surface area contributed by atoms with E-state index in [-0.39, 0.29) is 11.5 Å². The van der Waals surface area contributed by atoms with E-state index in [1.807, 2.05) is 4.90 Å². The highest BCUT2D eigenvalue weighted by Gasteiger charge is 2.25. The first-order valence-electron chi connectivity index (χ1n) is 11.8. The second-order valence-corrected chi connectivity index (χ2v) is 8.68. The number of nitrogens with one attached hydrogen (secondary N) is 2. The van der Waals surface area contributed by atoms with Crippen LogP contribution in [0.5, 0.6) is 0 Å². The summed E-state index contributed by atoms with van der Waals surface area (Å²) < 4.78 is 32.0. The molecule has 2 aliphatic heterocycles. The van der Waals surface area contributed by atoms with Gasteiger partial charge in [-0.3, -0.25) is 14.9 Å². The van der Waals surface area contributed by atoms with Gasteiger partial charge in [-0.1, -0.05) is 0 Å². The van der Waals surface area contributed by atoms with E-state index in [1.165, 1.54) is 7.11 Å². The van der Waals surface area contributed by atoms with Gasteiger partial charge in [-0.15, -0.1) is 0 Å². The predicted molar refractivity (Wildman–Crippen MR) is 130 cm³/mol. The van der Waals surface area contributed by atoms with E-state index in [9.17, 15) is 23.2 Å². The third-order valence-electron chi connectivity index (χ3n) is 6.30. The molecule has 0 saturated carbocycles. The van der Waals surface area contributed by atoms with Crippen molar-refractivity contribution in [2.45, 2.75) is 6.42 Å². The summed E-state index contributed by atoms with van der Waals surface area (Å²) in [4.78, 5) is 43.2. The molecule has 2 aliphatic rings. The maximum Gasteiger partial charge on any atom is 0.411 e. The van der Waals surface area contributed by atoms with Crippen LogP contribution in [0.25, 0.3) is 0 Å². The largest absolute Gasteiger partial charge is 0.453 e. The molecule has 9 nitrogen and oxygen atoms in total.